The minimum absolute atomic E-state index is 0.156. The molecule has 1 aliphatic carbocycles. The molecule has 10 heteroatoms. The predicted octanol–water partition coefficient (Wildman–Crippen LogP) is 4.26. The number of alkyl halides is 3. The predicted molar refractivity (Wildman–Crippen MR) is 104 cm³/mol. The van der Waals surface area contributed by atoms with Crippen LogP contribution >= 0.6 is 0 Å². The highest BCUT2D eigenvalue weighted by Crippen LogP contribution is 2.38. The van der Waals surface area contributed by atoms with Gasteiger partial charge in [0.15, 0.2) is 0 Å². The molecule has 1 aromatic carbocycles. The molecule has 30 heavy (non-hydrogen) atoms. The second-order valence-electron chi connectivity index (χ2n) is 8.81. The van der Waals surface area contributed by atoms with Crippen LogP contribution in [0.25, 0.3) is 0 Å². The quantitative estimate of drug-likeness (QED) is 0.690. The van der Waals surface area contributed by atoms with Gasteiger partial charge in [-0.1, -0.05) is 6.07 Å². The first-order valence-electron chi connectivity index (χ1n) is 9.98. The zero-order chi connectivity index (χ0) is 22.3. The SMILES string of the molecule is CC(C)(C)OC(=O)N1CCCC(N(C2CC2)S(=O)(=O)c2cccc(C(F)(F)F)c2)C1. The van der Waals surface area contributed by atoms with E-state index in [2.05, 4.69) is 0 Å². The molecule has 0 bridgehead atoms. The molecule has 1 atom stereocenters. The van der Waals surface area contributed by atoms with Crippen molar-refractivity contribution in [1.29, 1.82) is 0 Å². The van der Waals surface area contributed by atoms with E-state index in [1.807, 2.05) is 0 Å². The van der Waals surface area contributed by atoms with Crippen LogP contribution in [0.3, 0.4) is 0 Å². The maximum Gasteiger partial charge on any atom is 0.416 e. The molecule has 1 heterocycles. The second kappa shape index (κ2) is 8.03. The Hall–Kier alpha value is -1.81. The van der Waals surface area contributed by atoms with E-state index in [0.29, 0.717) is 38.3 Å². The van der Waals surface area contributed by atoms with E-state index >= 15 is 0 Å². The maximum atomic E-state index is 13.3. The number of likely N-dealkylation sites (tertiary alicyclic amines) is 1. The monoisotopic (exact) mass is 448 g/mol. The van der Waals surface area contributed by atoms with Gasteiger partial charge in [0.2, 0.25) is 10.0 Å². The molecule has 1 aliphatic heterocycles. The lowest BCUT2D eigenvalue weighted by atomic mass is 10.1. The lowest BCUT2D eigenvalue weighted by molar-refractivity contribution is -0.137. The molecule has 2 fully saturated rings. The number of hydrogen-bond donors (Lipinski definition) is 0. The number of rotatable bonds is 4. The summed E-state index contributed by atoms with van der Waals surface area (Å²) in [6.45, 7) is 5.86. The molecule has 168 valence electrons. The van der Waals surface area contributed by atoms with Gasteiger partial charge in [0.25, 0.3) is 0 Å². The van der Waals surface area contributed by atoms with Gasteiger partial charge in [-0.05, 0) is 64.7 Å². The number of amides is 1. The number of ether oxygens (including phenoxy) is 1. The minimum Gasteiger partial charge on any atom is -0.444 e. The molecule has 1 amide bonds. The van der Waals surface area contributed by atoms with Crippen LogP contribution in [0.1, 0.15) is 52.0 Å². The van der Waals surface area contributed by atoms with Crippen molar-refractivity contribution < 1.29 is 31.1 Å². The summed E-state index contributed by atoms with van der Waals surface area (Å²) in [6.07, 6.45) is -2.71. The molecule has 6 nitrogen and oxygen atoms in total. The first kappa shape index (κ1) is 22.9. The van der Waals surface area contributed by atoms with Crippen LogP contribution in [-0.2, 0) is 20.9 Å². The van der Waals surface area contributed by atoms with Crippen LogP contribution in [0.4, 0.5) is 18.0 Å². The molecule has 1 unspecified atom stereocenters. The van der Waals surface area contributed by atoms with Gasteiger partial charge in [0.05, 0.1) is 10.5 Å². The highest BCUT2D eigenvalue weighted by atomic mass is 32.2. The van der Waals surface area contributed by atoms with Crippen molar-refractivity contribution in [1.82, 2.24) is 9.21 Å². The Bertz CT molecular complexity index is 892. The average molecular weight is 449 g/mol. The van der Waals surface area contributed by atoms with E-state index in [9.17, 15) is 26.4 Å². The van der Waals surface area contributed by atoms with E-state index in [1.165, 1.54) is 15.3 Å². The summed E-state index contributed by atoms with van der Waals surface area (Å²) in [5, 5.41) is 0. The lowest BCUT2D eigenvalue weighted by Crippen LogP contribution is -2.53. The Balaban J connectivity index is 1.86. The summed E-state index contributed by atoms with van der Waals surface area (Å²) in [7, 11) is -4.15. The van der Waals surface area contributed by atoms with Crippen LogP contribution < -0.4 is 0 Å². The van der Waals surface area contributed by atoms with Gasteiger partial charge in [0, 0.05) is 25.2 Å². The lowest BCUT2D eigenvalue weighted by Gasteiger charge is -2.39. The number of benzene rings is 1. The largest absolute Gasteiger partial charge is 0.444 e. The van der Waals surface area contributed by atoms with E-state index in [0.717, 1.165) is 12.1 Å². The smallest absolute Gasteiger partial charge is 0.416 e. The van der Waals surface area contributed by atoms with Crippen molar-refractivity contribution in [3.8, 4) is 0 Å². The summed E-state index contributed by atoms with van der Waals surface area (Å²) >= 11 is 0. The number of sulfonamides is 1. The van der Waals surface area contributed by atoms with Crippen LogP contribution in [0.15, 0.2) is 29.2 Å². The van der Waals surface area contributed by atoms with Gasteiger partial charge in [-0.15, -0.1) is 0 Å². The van der Waals surface area contributed by atoms with Gasteiger partial charge < -0.3 is 9.64 Å². The Morgan fingerprint density at radius 3 is 2.37 bits per heavy atom. The molecule has 0 spiro atoms. The molecule has 1 aromatic rings. The first-order valence-corrected chi connectivity index (χ1v) is 11.4. The molecule has 3 rings (SSSR count). The zero-order valence-electron chi connectivity index (χ0n) is 17.3. The number of piperidine rings is 1. The summed E-state index contributed by atoms with van der Waals surface area (Å²) in [5.41, 5.74) is -1.68. The first-order chi connectivity index (χ1) is 13.8. The highest BCUT2D eigenvalue weighted by molar-refractivity contribution is 7.89. The minimum atomic E-state index is -4.63. The topological polar surface area (TPSA) is 66.9 Å². The third-order valence-corrected chi connectivity index (χ3v) is 7.05. The highest BCUT2D eigenvalue weighted by Gasteiger charge is 2.45. The van der Waals surface area contributed by atoms with E-state index in [-0.39, 0.29) is 17.5 Å². The molecule has 0 N–H and O–H groups in total. The number of carbonyl (C=O) groups excluding carboxylic acids is 1. The van der Waals surface area contributed by atoms with Crippen molar-refractivity contribution >= 4 is 16.1 Å². The van der Waals surface area contributed by atoms with Gasteiger partial charge in [0.1, 0.15) is 5.60 Å². The molecule has 2 aliphatic rings. The van der Waals surface area contributed by atoms with Crippen LogP contribution in [0.2, 0.25) is 0 Å². The molecule has 0 radical (unpaired) electrons. The summed E-state index contributed by atoms with van der Waals surface area (Å²) in [4.78, 5) is 13.6. The van der Waals surface area contributed by atoms with Crippen LogP contribution in [-0.4, -0.2) is 54.5 Å². The standard InChI is InChI=1S/C20H27F3N2O4S/c1-19(2,3)29-18(26)24-11-5-7-16(13-24)25(15-9-10-15)30(27,28)17-8-4-6-14(12-17)20(21,22)23/h4,6,8,12,15-16H,5,7,9-11,13H2,1-3H3. The molecule has 0 aromatic heterocycles. The average Bonchev–Trinajstić information content (AvgIpc) is 3.45. The maximum absolute atomic E-state index is 13.3. The van der Waals surface area contributed by atoms with Gasteiger partial charge in [-0.2, -0.15) is 17.5 Å². The molecular formula is C20H27F3N2O4S. The van der Waals surface area contributed by atoms with E-state index in [1.54, 1.807) is 20.8 Å². The zero-order valence-corrected chi connectivity index (χ0v) is 18.1. The van der Waals surface area contributed by atoms with Crippen molar-refractivity contribution in [3.05, 3.63) is 29.8 Å². The molecular weight excluding hydrogens is 421 g/mol. The fourth-order valence-corrected chi connectivity index (χ4v) is 5.57. The third-order valence-electron chi connectivity index (χ3n) is 5.05. The van der Waals surface area contributed by atoms with Crippen molar-refractivity contribution in [2.75, 3.05) is 13.1 Å². The molecule has 1 saturated heterocycles. The van der Waals surface area contributed by atoms with Gasteiger partial charge in [-0.3, -0.25) is 0 Å². The Morgan fingerprint density at radius 2 is 1.80 bits per heavy atom. The van der Waals surface area contributed by atoms with E-state index in [4.69, 9.17) is 4.74 Å². The van der Waals surface area contributed by atoms with Gasteiger partial charge in [-0.25, -0.2) is 13.2 Å². The number of nitrogens with zero attached hydrogens (tertiary/aromatic N) is 2. The number of carbonyl (C=O) groups is 1. The summed E-state index contributed by atoms with van der Waals surface area (Å²) < 4.78 is 72.6. The molecule has 1 saturated carbocycles. The van der Waals surface area contributed by atoms with Gasteiger partial charge >= 0.3 is 12.3 Å². The number of halogens is 3. The van der Waals surface area contributed by atoms with Crippen LogP contribution in [0.5, 0.6) is 0 Å². The second-order valence-corrected chi connectivity index (χ2v) is 10.7. The van der Waals surface area contributed by atoms with Crippen LogP contribution in [0, 0.1) is 0 Å². The van der Waals surface area contributed by atoms with Crippen molar-refractivity contribution in [3.63, 3.8) is 0 Å². The normalized spacial score (nSPS) is 21.0. The number of hydrogen-bond acceptors (Lipinski definition) is 4. The Morgan fingerprint density at radius 1 is 1.13 bits per heavy atom. The summed E-state index contributed by atoms with van der Waals surface area (Å²) in [6, 6.07) is 3.07. The Kier molecular flexibility index (Phi) is 6.12. The van der Waals surface area contributed by atoms with E-state index < -0.39 is 39.5 Å². The van der Waals surface area contributed by atoms with Crippen molar-refractivity contribution in [2.45, 2.75) is 75.2 Å². The third kappa shape index (κ3) is 5.26. The fourth-order valence-electron chi connectivity index (χ4n) is 3.63. The Labute approximate surface area is 175 Å². The summed E-state index contributed by atoms with van der Waals surface area (Å²) in [5.74, 6) is 0. The van der Waals surface area contributed by atoms with Crippen molar-refractivity contribution in [2.24, 2.45) is 0 Å². The fraction of sp³-hybridized carbons (Fsp3) is 0.650.